The molecule has 0 saturated carbocycles. The van der Waals surface area contributed by atoms with Gasteiger partial charge in [0.15, 0.2) is 6.29 Å². The van der Waals surface area contributed by atoms with Crippen LogP contribution in [0.4, 0.5) is 4.79 Å². The molecule has 5 amide bonds. The van der Waals surface area contributed by atoms with Crippen molar-refractivity contribution in [2.24, 2.45) is 0 Å². The molecule has 0 aliphatic rings. The van der Waals surface area contributed by atoms with Crippen molar-refractivity contribution in [3.63, 3.8) is 0 Å². The van der Waals surface area contributed by atoms with E-state index in [2.05, 4.69) is 21.4 Å². The van der Waals surface area contributed by atoms with Crippen LogP contribution in [0.5, 0.6) is 0 Å². The molecular formula is C50H55ClN6O6S. The van der Waals surface area contributed by atoms with Crippen LogP contribution in [0.25, 0.3) is 10.1 Å². The van der Waals surface area contributed by atoms with Crippen LogP contribution in [0.3, 0.4) is 0 Å². The second-order valence-corrected chi connectivity index (χ2v) is 16.6. The standard InChI is InChI=1S/C50H55ClN6O6S/c1-5-62-48(63-6-2)35(3)57(32-37-34-64-44-25-17-16-24-42(37)44)47(60)43(53-46(59)33-56(4)55-49(61)52-31-36-26-28-41(51)29-27-36)30-45(58)54-50(38-18-10-7-11-19-38,39-20-12-8-13-21-39)40-22-14-9-15-23-40/h7-29,34-35,43,48H,5-6,30-33H2,1-4H3,(H,53,59)(H,54,58)(H2,52,55,61)/t35-,43-/m0/s1. The summed E-state index contributed by atoms with van der Waals surface area (Å²) in [5, 5.41) is 13.9. The van der Waals surface area contributed by atoms with Crippen molar-refractivity contribution in [2.45, 2.75) is 64.2 Å². The maximum Gasteiger partial charge on any atom is 0.329 e. The summed E-state index contributed by atoms with van der Waals surface area (Å²) in [6.45, 7) is 6.23. The van der Waals surface area contributed by atoms with Crippen LogP contribution in [0.1, 0.15) is 55.0 Å². The monoisotopic (exact) mass is 902 g/mol. The Hall–Kier alpha value is -6.09. The molecule has 1 heterocycles. The molecule has 1 aromatic heterocycles. The number of halogens is 1. The molecule has 12 nitrogen and oxygen atoms in total. The van der Waals surface area contributed by atoms with Crippen molar-refractivity contribution >= 4 is 56.8 Å². The van der Waals surface area contributed by atoms with Gasteiger partial charge in [-0.3, -0.25) is 19.8 Å². The first kappa shape index (κ1) is 47.4. The number of likely N-dealkylation sites (N-methyl/N-ethyl adjacent to an activating group) is 1. The van der Waals surface area contributed by atoms with Crippen molar-refractivity contribution < 1.29 is 28.7 Å². The summed E-state index contributed by atoms with van der Waals surface area (Å²) in [7, 11) is 1.53. The van der Waals surface area contributed by atoms with Gasteiger partial charge < -0.3 is 30.3 Å². The lowest BCUT2D eigenvalue weighted by molar-refractivity contribution is -0.180. The predicted octanol–water partition coefficient (Wildman–Crippen LogP) is 8.00. The van der Waals surface area contributed by atoms with Gasteiger partial charge in [0, 0.05) is 43.1 Å². The van der Waals surface area contributed by atoms with E-state index in [1.165, 1.54) is 12.1 Å². The van der Waals surface area contributed by atoms with Gasteiger partial charge in [0.1, 0.15) is 11.6 Å². The summed E-state index contributed by atoms with van der Waals surface area (Å²) in [6.07, 6.45) is -1.24. The van der Waals surface area contributed by atoms with Crippen LogP contribution < -0.4 is 21.4 Å². The largest absolute Gasteiger partial charge is 0.351 e. The number of rotatable bonds is 21. The van der Waals surface area contributed by atoms with E-state index in [1.807, 2.05) is 141 Å². The Kier molecular flexibility index (Phi) is 17.0. The number of carbonyl (C=O) groups is 4. The fourth-order valence-corrected chi connectivity index (χ4v) is 8.76. The zero-order chi connectivity index (χ0) is 45.5. The fraction of sp³-hybridized carbons (Fsp3) is 0.280. The number of thiophene rings is 1. The molecule has 0 unspecified atom stereocenters. The molecule has 334 valence electrons. The first-order valence-corrected chi connectivity index (χ1v) is 22.5. The fourth-order valence-electron chi connectivity index (χ4n) is 7.68. The minimum Gasteiger partial charge on any atom is -0.351 e. The SMILES string of the molecule is CCOC(OCC)[C@H](C)N(Cc1csc2ccccc12)C(=O)[C@H](CC(=O)NC(c1ccccc1)(c1ccccc1)c1ccccc1)NC(=O)CN(C)NC(=O)NCc1ccc(Cl)cc1. The second-order valence-electron chi connectivity index (χ2n) is 15.2. The molecule has 0 aliphatic carbocycles. The van der Waals surface area contributed by atoms with Gasteiger partial charge in [0.25, 0.3) is 0 Å². The highest BCUT2D eigenvalue weighted by Crippen LogP contribution is 2.37. The Labute approximate surface area is 383 Å². The number of ether oxygens (including phenoxy) is 2. The average molecular weight is 904 g/mol. The third-order valence-corrected chi connectivity index (χ3v) is 12.0. The maximum atomic E-state index is 15.3. The van der Waals surface area contributed by atoms with Gasteiger partial charge in [0.2, 0.25) is 17.7 Å². The highest BCUT2D eigenvalue weighted by molar-refractivity contribution is 7.17. The van der Waals surface area contributed by atoms with E-state index in [4.69, 9.17) is 21.1 Å². The van der Waals surface area contributed by atoms with Gasteiger partial charge >= 0.3 is 6.03 Å². The Balaban J connectivity index is 1.33. The minimum absolute atomic E-state index is 0.145. The molecule has 64 heavy (non-hydrogen) atoms. The predicted molar refractivity (Wildman–Crippen MR) is 252 cm³/mol. The lowest BCUT2D eigenvalue weighted by Crippen LogP contribution is -2.58. The summed E-state index contributed by atoms with van der Waals surface area (Å²) < 4.78 is 13.1. The normalized spacial score (nSPS) is 12.4. The van der Waals surface area contributed by atoms with E-state index < -0.39 is 54.1 Å². The first-order valence-electron chi connectivity index (χ1n) is 21.3. The number of hydrogen-bond acceptors (Lipinski definition) is 8. The molecule has 0 bridgehead atoms. The summed E-state index contributed by atoms with van der Waals surface area (Å²) in [5.41, 5.74) is 5.58. The van der Waals surface area contributed by atoms with Crippen LogP contribution >= 0.6 is 22.9 Å². The van der Waals surface area contributed by atoms with Crippen LogP contribution in [0.2, 0.25) is 5.02 Å². The number of amides is 5. The van der Waals surface area contributed by atoms with E-state index >= 15 is 4.79 Å². The van der Waals surface area contributed by atoms with Gasteiger partial charge in [-0.25, -0.2) is 9.80 Å². The number of nitrogens with zero attached hydrogens (tertiary/aromatic N) is 2. The Morgan fingerprint density at radius 1 is 0.734 bits per heavy atom. The molecule has 0 saturated heterocycles. The van der Waals surface area contributed by atoms with Crippen molar-refractivity contribution in [1.29, 1.82) is 0 Å². The lowest BCUT2D eigenvalue weighted by atomic mass is 9.77. The average Bonchev–Trinajstić information content (AvgIpc) is 3.72. The molecule has 6 aromatic rings. The van der Waals surface area contributed by atoms with Gasteiger partial charge in [-0.05, 0) is 77.6 Å². The Morgan fingerprint density at radius 2 is 1.28 bits per heavy atom. The van der Waals surface area contributed by atoms with Crippen molar-refractivity contribution in [1.82, 2.24) is 31.3 Å². The van der Waals surface area contributed by atoms with E-state index in [-0.39, 0.29) is 19.6 Å². The van der Waals surface area contributed by atoms with E-state index in [9.17, 15) is 14.4 Å². The third-order valence-electron chi connectivity index (χ3n) is 10.7. The summed E-state index contributed by atoms with van der Waals surface area (Å²) >= 11 is 7.57. The molecule has 0 spiro atoms. The first-order chi connectivity index (χ1) is 31.0. The molecule has 0 aliphatic heterocycles. The number of fused-ring (bicyclic) bond motifs is 1. The number of benzene rings is 5. The third kappa shape index (κ3) is 12.1. The molecule has 0 fully saturated rings. The summed E-state index contributed by atoms with van der Waals surface area (Å²) in [5.74, 6) is -1.62. The molecule has 5 aromatic carbocycles. The lowest BCUT2D eigenvalue weighted by Gasteiger charge is -2.38. The quantitative estimate of drug-likeness (QED) is 0.0326. The topological polar surface area (TPSA) is 141 Å². The Bertz CT molecular complexity index is 2340. The number of hydrazine groups is 1. The zero-order valence-corrected chi connectivity index (χ0v) is 38.0. The molecule has 2 atom stereocenters. The smallest absolute Gasteiger partial charge is 0.329 e. The molecule has 4 N–H and O–H groups in total. The number of urea groups is 1. The van der Waals surface area contributed by atoms with Crippen LogP contribution in [0.15, 0.2) is 145 Å². The van der Waals surface area contributed by atoms with Crippen LogP contribution in [-0.4, -0.2) is 78.8 Å². The Morgan fingerprint density at radius 3 is 1.84 bits per heavy atom. The van der Waals surface area contributed by atoms with E-state index in [0.717, 1.165) is 37.9 Å². The minimum atomic E-state index is -1.36. The highest BCUT2D eigenvalue weighted by Gasteiger charge is 2.40. The van der Waals surface area contributed by atoms with Crippen molar-refractivity contribution in [2.75, 3.05) is 26.8 Å². The maximum absolute atomic E-state index is 15.3. The van der Waals surface area contributed by atoms with Crippen LogP contribution in [0, 0.1) is 0 Å². The molecule has 6 rings (SSSR count). The molecular weight excluding hydrogens is 848 g/mol. The summed E-state index contributed by atoms with van der Waals surface area (Å²) in [6, 6.07) is 41.4. The van der Waals surface area contributed by atoms with Gasteiger partial charge in [-0.1, -0.05) is 133 Å². The molecule has 14 heteroatoms. The van der Waals surface area contributed by atoms with E-state index in [1.54, 1.807) is 40.5 Å². The number of hydrogen-bond donors (Lipinski definition) is 4. The van der Waals surface area contributed by atoms with Gasteiger partial charge in [-0.15, -0.1) is 11.3 Å². The van der Waals surface area contributed by atoms with Gasteiger partial charge in [0.05, 0.1) is 19.0 Å². The second kappa shape index (κ2) is 23.0. The van der Waals surface area contributed by atoms with Gasteiger partial charge in [-0.2, -0.15) is 0 Å². The van der Waals surface area contributed by atoms with Crippen LogP contribution in [-0.2, 0) is 42.5 Å². The van der Waals surface area contributed by atoms with E-state index in [0.29, 0.717) is 18.2 Å². The summed E-state index contributed by atoms with van der Waals surface area (Å²) in [4.78, 5) is 58.7. The highest BCUT2D eigenvalue weighted by atomic mass is 35.5. The van der Waals surface area contributed by atoms with Crippen molar-refractivity contribution in [3.05, 3.63) is 178 Å². The zero-order valence-electron chi connectivity index (χ0n) is 36.5. The van der Waals surface area contributed by atoms with Crippen molar-refractivity contribution in [3.8, 4) is 0 Å². The number of carbonyl (C=O) groups excluding carboxylic acids is 4. The molecule has 0 radical (unpaired) electrons. The number of nitrogens with one attached hydrogen (secondary N) is 4.